The molecule has 0 fully saturated rings. The summed E-state index contributed by atoms with van der Waals surface area (Å²) in [6.45, 7) is 0.544. The molecule has 0 saturated carbocycles. The molecule has 0 spiro atoms. The van der Waals surface area contributed by atoms with Crippen molar-refractivity contribution in [1.82, 2.24) is 4.57 Å². The van der Waals surface area contributed by atoms with E-state index in [2.05, 4.69) is 4.57 Å². The highest BCUT2D eigenvalue weighted by atomic mass is 16.3. The second-order valence-corrected chi connectivity index (χ2v) is 5.83. The van der Waals surface area contributed by atoms with Crippen LogP contribution in [0.15, 0.2) is 60.7 Å². The summed E-state index contributed by atoms with van der Waals surface area (Å²) in [5.41, 5.74) is 10.7. The molecule has 24 heavy (non-hydrogen) atoms. The average Bonchev–Trinajstić information content (AvgIpc) is 2.91. The van der Waals surface area contributed by atoms with Crippen molar-refractivity contribution in [1.29, 1.82) is 0 Å². The number of hydrogen-bond donors (Lipinski definition) is 3. The van der Waals surface area contributed by atoms with Gasteiger partial charge in [-0.2, -0.15) is 0 Å². The average molecular weight is 318 g/mol. The highest BCUT2D eigenvalue weighted by Crippen LogP contribution is 2.41. The number of phenols is 1. The molecule has 4 N–H and O–H groups in total. The number of phenolic OH excluding ortho intramolecular Hbond substituents is 1. The number of aliphatic hydroxyl groups is 1. The Hall–Kier alpha value is -2.98. The molecule has 4 heteroatoms. The lowest BCUT2D eigenvalue weighted by Gasteiger charge is -2.08. The Morgan fingerprint density at radius 1 is 0.792 bits per heavy atom. The van der Waals surface area contributed by atoms with Gasteiger partial charge in [0, 0.05) is 34.1 Å². The summed E-state index contributed by atoms with van der Waals surface area (Å²) in [6.07, 6.45) is 0. The Kier molecular flexibility index (Phi) is 3.40. The van der Waals surface area contributed by atoms with Gasteiger partial charge in [-0.25, -0.2) is 0 Å². The summed E-state index contributed by atoms with van der Waals surface area (Å²) in [5, 5.41) is 21.7. The van der Waals surface area contributed by atoms with E-state index >= 15 is 0 Å². The lowest BCUT2D eigenvalue weighted by atomic mass is 9.98. The molecule has 0 bridgehead atoms. The van der Waals surface area contributed by atoms with Crippen LogP contribution in [0.2, 0.25) is 0 Å². The maximum Gasteiger partial charge on any atom is 0.123 e. The minimum atomic E-state index is 0.0501. The lowest BCUT2D eigenvalue weighted by molar-refractivity contribution is 0.280. The highest BCUT2D eigenvalue weighted by molar-refractivity contribution is 6.19. The minimum Gasteiger partial charge on any atom is -0.507 e. The first-order valence-corrected chi connectivity index (χ1v) is 7.91. The molecule has 0 saturated heterocycles. The van der Waals surface area contributed by atoms with Crippen LogP contribution in [0, 0.1) is 0 Å². The summed E-state index contributed by atoms with van der Waals surface area (Å²) in [7, 11) is 0. The smallest absolute Gasteiger partial charge is 0.123 e. The Labute approximate surface area is 139 Å². The number of anilines is 1. The van der Waals surface area contributed by atoms with Gasteiger partial charge in [0.05, 0.1) is 12.1 Å². The molecule has 0 aliphatic heterocycles. The molecule has 3 aromatic carbocycles. The number of aromatic hydroxyl groups is 1. The predicted molar refractivity (Wildman–Crippen MR) is 98.0 cm³/mol. The summed E-state index contributed by atoms with van der Waals surface area (Å²) >= 11 is 0. The van der Waals surface area contributed by atoms with Crippen LogP contribution in [-0.4, -0.2) is 21.4 Å². The number of nitrogens with two attached hydrogens (primary N) is 1. The van der Waals surface area contributed by atoms with Gasteiger partial charge in [-0.1, -0.05) is 36.4 Å². The molecule has 4 rings (SSSR count). The van der Waals surface area contributed by atoms with E-state index in [1.165, 1.54) is 0 Å². The van der Waals surface area contributed by atoms with Crippen molar-refractivity contribution >= 4 is 27.5 Å². The van der Waals surface area contributed by atoms with E-state index in [4.69, 9.17) is 5.73 Å². The van der Waals surface area contributed by atoms with Crippen molar-refractivity contribution < 1.29 is 10.2 Å². The summed E-state index contributed by atoms with van der Waals surface area (Å²) in [6, 6.07) is 19.1. The van der Waals surface area contributed by atoms with E-state index in [-0.39, 0.29) is 12.4 Å². The van der Waals surface area contributed by atoms with Gasteiger partial charge in [-0.3, -0.25) is 0 Å². The van der Waals surface area contributed by atoms with E-state index in [1.54, 1.807) is 6.07 Å². The van der Waals surface area contributed by atoms with Crippen LogP contribution in [0.25, 0.3) is 32.9 Å². The maximum atomic E-state index is 10.3. The van der Waals surface area contributed by atoms with Gasteiger partial charge in [0.1, 0.15) is 5.75 Å². The molecule has 4 nitrogen and oxygen atoms in total. The predicted octanol–water partition coefficient (Wildman–Crippen LogP) is 3.74. The van der Waals surface area contributed by atoms with Crippen molar-refractivity contribution in [2.75, 3.05) is 12.3 Å². The third-order valence-electron chi connectivity index (χ3n) is 4.47. The number of fused-ring (bicyclic) bond motifs is 3. The molecule has 120 valence electrons. The molecule has 0 radical (unpaired) electrons. The van der Waals surface area contributed by atoms with Gasteiger partial charge in [0.2, 0.25) is 0 Å². The van der Waals surface area contributed by atoms with Crippen molar-refractivity contribution in [3.8, 4) is 16.9 Å². The van der Waals surface area contributed by atoms with Gasteiger partial charge in [0.15, 0.2) is 0 Å². The zero-order valence-corrected chi connectivity index (χ0v) is 13.1. The van der Waals surface area contributed by atoms with Crippen LogP contribution in [0.4, 0.5) is 5.69 Å². The number of benzene rings is 3. The van der Waals surface area contributed by atoms with Crippen LogP contribution in [0.3, 0.4) is 0 Å². The van der Waals surface area contributed by atoms with E-state index in [0.29, 0.717) is 12.2 Å². The maximum absolute atomic E-state index is 10.3. The number of aliphatic hydroxyl groups excluding tert-OH is 1. The van der Waals surface area contributed by atoms with Crippen molar-refractivity contribution in [2.45, 2.75) is 6.54 Å². The van der Waals surface area contributed by atoms with Gasteiger partial charge in [-0.15, -0.1) is 0 Å². The van der Waals surface area contributed by atoms with Crippen molar-refractivity contribution in [2.24, 2.45) is 0 Å². The fourth-order valence-electron chi connectivity index (χ4n) is 3.48. The topological polar surface area (TPSA) is 71.4 Å². The van der Waals surface area contributed by atoms with E-state index in [0.717, 1.165) is 32.9 Å². The molecule has 4 aromatic rings. The van der Waals surface area contributed by atoms with Crippen molar-refractivity contribution in [3.63, 3.8) is 0 Å². The van der Waals surface area contributed by atoms with E-state index in [9.17, 15) is 10.2 Å². The number of para-hydroxylation sites is 1. The van der Waals surface area contributed by atoms with Crippen LogP contribution in [0.5, 0.6) is 5.75 Å². The first-order valence-electron chi connectivity index (χ1n) is 7.91. The third-order valence-corrected chi connectivity index (χ3v) is 4.47. The fourth-order valence-corrected chi connectivity index (χ4v) is 3.48. The first kappa shape index (κ1) is 14.6. The monoisotopic (exact) mass is 318 g/mol. The molecular formula is C20H18N2O2. The van der Waals surface area contributed by atoms with Gasteiger partial charge in [0.25, 0.3) is 0 Å². The van der Waals surface area contributed by atoms with Crippen molar-refractivity contribution in [3.05, 3.63) is 60.7 Å². The van der Waals surface area contributed by atoms with Crippen LogP contribution in [-0.2, 0) is 6.54 Å². The molecule has 0 atom stereocenters. The first-order chi connectivity index (χ1) is 11.7. The van der Waals surface area contributed by atoms with E-state index < -0.39 is 0 Å². The number of rotatable bonds is 3. The molecule has 0 aliphatic rings. The normalized spacial score (nSPS) is 11.4. The zero-order chi connectivity index (χ0) is 16.7. The standard InChI is InChI=1S/C20H18N2O2/c21-15-7-4-9-17-20(15)19-14(13-5-1-2-10-18(13)24)6-3-8-16(19)22(17)11-12-23/h1-10,23-24H,11-12,21H2. The van der Waals surface area contributed by atoms with Gasteiger partial charge in [-0.05, 0) is 29.8 Å². The molecular weight excluding hydrogens is 300 g/mol. The van der Waals surface area contributed by atoms with E-state index in [1.807, 2.05) is 54.6 Å². The Bertz CT molecular complexity index is 1050. The molecule has 0 amide bonds. The lowest BCUT2D eigenvalue weighted by Crippen LogP contribution is -2.01. The largest absolute Gasteiger partial charge is 0.507 e. The molecule has 1 heterocycles. The van der Waals surface area contributed by atoms with Crippen LogP contribution < -0.4 is 5.73 Å². The fraction of sp³-hybridized carbons (Fsp3) is 0.100. The Morgan fingerprint density at radius 2 is 1.46 bits per heavy atom. The Balaban J connectivity index is 2.20. The molecule has 1 aromatic heterocycles. The Morgan fingerprint density at radius 3 is 2.21 bits per heavy atom. The molecule has 0 aliphatic carbocycles. The highest BCUT2D eigenvalue weighted by Gasteiger charge is 2.17. The second-order valence-electron chi connectivity index (χ2n) is 5.83. The summed E-state index contributed by atoms with van der Waals surface area (Å²) < 4.78 is 2.07. The summed E-state index contributed by atoms with van der Waals surface area (Å²) in [5.74, 6) is 0.238. The van der Waals surface area contributed by atoms with Crippen LogP contribution >= 0.6 is 0 Å². The molecule has 0 unspecified atom stereocenters. The van der Waals surface area contributed by atoms with Gasteiger partial charge >= 0.3 is 0 Å². The summed E-state index contributed by atoms with van der Waals surface area (Å²) in [4.78, 5) is 0. The number of hydrogen-bond acceptors (Lipinski definition) is 3. The van der Waals surface area contributed by atoms with Crippen LogP contribution in [0.1, 0.15) is 0 Å². The number of aromatic nitrogens is 1. The second kappa shape index (κ2) is 5.58. The quantitative estimate of drug-likeness (QED) is 0.504. The minimum absolute atomic E-state index is 0.0501. The van der Waals surface area contributed by atoms with Gasteiger partial charge < -0.3 is 20.5 Å². The zero-order valence-electron chi connectivity index (χ0n) is 13.1. The SMILES string of the molecule is Nc1cccc2c1c1c(-c3ccccc3O)cccc1n2CCO. The number of nitrogens with zero attached hydrogens (tertiary/aromatic N) is 1. The number of nitrogen functional groups attached to an aromatic ring is 1. The third kappa shape index (κ3) is 2.04.